The first kappa shape index (κ1) is 11.7. The monoisotopic (exact) mass is 242 g/mol. The molecule has 1 aliphatic heterocycles. The van der Waals surface area contributed by atoms with Crippen molar-refractivity contribution in [1.82, 2.24) is 0 Å². The van der Waals surface area contributed by atoms with Gasteiger partial charge in [-0.3, -0.25) is 0 Å². The number of rotatable bonds is 2. The highest BCUT2D eigenvalue weighted by molar-refractivity contribution is 5.68. The van der Waals surface area contributed by atoms with Gasteiger partial charge in [0.05, 0.1) is 12.2 Å². The van der Waals surface area contributed by atoms with Gasteiger partial charge >= 0.3 is 0 Å². The second-order valence-corrected chi connectivity index (χ2v) is 3.66. The largest absolute Gasteiger partial charge is 0.505 e. The summed E-state index contributed by atoms with van der Waals surface area (Å²) in [4.78, 5) is 0. The fourth-order valence-electron chi connectivity index (χ4n) is 1.61. The smallest absolute Gasteiger partial charge is 0.187 e. The molecule has 6 heteroatoms. The van der Waals surface area contributed by atoms with E-state index < -0.39 is 36.2 Å². The Kier molecular flexibility index (Phi) is 2.91. The van der Waals surface area contributed by atoms with Crippen LogP contribution in [-0.2, 0) is 0 Å². The molecule has 1 heterocycles. The van der Waals surface area contributed by atoms with Gasteiger partial charge in [0.15, 0.2) is 17.6 Å². The molecule has 0 fully saturated rings. The molecular weight excluding hydrogens is 231 g/mol. The molecule has 0 aromatic heterocycles. The van der Waals surface area contributed by atoms with Gasteiger partial charge < -0.3 is 25.2 Å². The van der Waals surface area contributed by atoms with Crippen LogP contribution < -0.4 is 4.74 Å². The van der Waals surface area contributed by atoms with Crippen LogP contribution in [0.4, 0.5) is 4.39 Å². The van der Waals surface area contributed by atoms with E-state index in [0.29, 0.717) is 0 Å². The summed E-state index contributed by atoms with van der Waals surface area (Å²) in [6, 6.07) is 3.39. The Morgan fingerprint density at radius 1 is 1.35 bits per heavy atom. The molecule has 0 bridgehead atoms. The van der Waals surface area contributed by atoms with Crippen LogP contribution in [0.3, 0.4) is 0 Å². The molecule has 4 N–H and O–H groups in total. The van der Waals surface area contributed by atoms with Gasteiger partial charge in [0.1, 0.15) is 17.7 Å². The zero-order chi connectivity index (χ0) is 12.6. The SMILES string of the molecule is OC[C@H](O)[C@@H]1Oc2ccc(F)cc2C(O)=C1O. The molecule has 92 valence electrons. The second-order valence-electron chi connectivity index (χ2n) is 3.66. The highest BCUT2D eigenvalue weighted by Crippen LogP contribution is 2.34. The number of hydrogen-bond acceptors (Lipinski definition) is 5. The van der Waals surface area contributed by atoms with E-state index >= 15 is 0 Å². The lowest BCUT2D eigenvalue weighted by Crippen LogP contribution is -2.38. The number of benzene rings is 1. The number of halogens is 1. The zero-order valence-corrected chi connectivity index (χ0v) is 8.67. The molecular formula is C11H11FO5. The topological polar surface area (TPSA) is 90.2 Å². The summed E-state index contributed by atoms with van der Waals surface area (Å²) in [5.74, 6) is -1.67. The van der Waals surface area contributed by atoms with Crippen molar-refractivity contribution in [3.05, 3.63) is 35.3 Å². The maximum Gasteiger partial charge on any atom is 0.187 e. The van der Waals surface area contributed by atoms with E-state index in [1.54, 1.807) is 0 Å². The number of ether oxygens (including phenoxy) is 1. The Morgan fingerprint density at radius 2 is 2.06 bits per heavy atom. The molecule has 0 saturated carbocycles. The van der Waals surface area contributed by atoms with Crippen molar-refractivity contribution in [1.29, 1.82) is 0 Å². The van der Waals surface area contributed by atoms with Gasteiger partial charge in [-0.1, -0.05) is 0 Å². The molecule has 17 heavy (non-hydrogen) atoms. The van der Waals surface area contributed by atoms with E-state index in [1.165, 1.54) is 6.07 Å². The van der Waals surface area contributed by atoms with Gasteiger partial charge in [-0.05, 0) is 18.2 Å². The van der Waals surface area contributed by atoms with Crippen molar-refractivity contribution in [3.63, 3.8) is 0 Å². The molecule has 0 radical (unpaired) electrons. The fourth-order valence-corrected chi connectivity index (χ4v) is 1.61. The fraction of sp³-hybridized carbons (Fsp3) is 0.273. The van der Waals surface area contributed by atoms with Crippen LogP contribution in [0.25, 0.3) is 5.76 Å². The van der Waals surface area contributed by atoms with Gasteiger partial charge in [0.25, 0.3) is 0 Å². The lowest BCUT2D eigenvalue weighted by molar-refractivity contribution is -0.00434. The number of fused-ring (bicyclic) bond motifs is 1. The van der Waals surface area contributed by atoms with Crippen LogP contribution in [0.2, 0.25) is 0 Å². The summed E-state index contributed by atoms with van der Waals surface area (Å²) in [6.45, 7) is -0.640. The van der Waals surface area contributed by atoms with Crippen molar-refractivity contribution >= 4 is 5.76 Å². The minimum Gasteiger partial charge on any atom is -0.505 e. The Hall–Kier alpha value is -1.79. The molecule has 0 saturated heterocycles. The van der Waals surface area contributed by atoms with Crippen LogP contribution in [0.5, 0.6) is 5.75 Å². The number of aliphatic hydroxyl groups excluding tert-OH is 4. The summed E-state index contributed by atoms with van der Waals surface area (Å²) in [7, 11) is 0. The average molecular weight is 242 g/mol. The summed E-state index contributed by atoms with van der Waals surface area (Å²) >= 11 is 0. The standard InChI is InChI=1S/C11H11FO5/c12-5-1-2-8-6(3-5)9(15)10(16)11(17-8)7(14)4-13/h1-3,7,11,13-16H,4H2/t7-,11-/m0/s1. The van der Waals surface area contributed by atoms with Gasteiger partial charge in [-0.2, -0.15) is 0 Å². The Labute approximate surface area is 96.0 Å². The summed E-state index contributed by atoms with van der Waals surface area (Å²) in [5, 5.41) is 37.4. The third-order valence-electron chi connectivity index (χ3n) is 2.50. The predicted octanol–water partition coefficient (Wildman–Crippen LogP) is 0.725. The minimum absolute atomic E-state index is 0.00360. The normalized spacial score (nSPS) is 20.8. The molecule has 0 amide bonds. The van der Waals surface area contributed by atoms with Crippen molar-refractivity contribution in [2.75, 3.05) is 6.61 Å². The van der Waals surface area contributed by atoms with Crippen LogP contribution in [0.1, 0.15) is 5.56 Å². The lowest BCUT2D eigenvalue weighted by atomic mass is 10.0. The van der Waals surface area contributed by atoms with Crippen LogP contribution in [-0.4, -0.2) is 39.2 Å². The third-order valence-corrected chi connectivity index (χ3v) is 2.50. The molecule has 1 aromatic rings. The van der Waals surface area contributed by atoms with E-state index in [2.05, 4.69) is 0 Å². The van der Waals surface area contributed by atoms with Gasteiger partial charge in [0.2, 0.25) is 0 Å². The summed E-state index contributed by atoms with van der Waals surface area (Å²) in [6.07, 6.45) is -2.65. The van der Waals surface area contributed by atoms with Crippen molar-refractivity contribution in [2.24, 2.45) is 0 Å². The number of hydrogen-bond donors (Lipinski definition) is 4. The maximum atomic E-state index is 13.0. The van der Waals surface area contributed by atoms with Gasteiger partial charge in [-0.25, -0.2) is 4.39 Å². The molecule has 0 aliphatic carbocycles. The highest BCUT2D eigenvalue weighted by Gasteiger charge is 2.33. The van der Waals surface area contributed by atoms with Crippen LogP contribution in [0, 0.1) is 5.82 Å². The Morgan fingerprint density at radius 3 is 2.71 bits per heavy atom. The first-order valence-corrected chi connectivity index (χ1v) is 4.92. The predicted molar refractivity (Wildman–Crippen MR) is 56.1 cm³/mol. The molecule has 2 rings (SSSR count). The lowest BCUT2D eigenvalue weighted by Gasteiger charge is -2.28. The van der Waals surface area contributed by atoms with Crippen molar-refractivity contribution < 1.29 is 29.6 Å². The first-order valence-electron chi connectivity index (χ1n) is 4.92. The van der Waals surface area contributed by atoms with E-state index in [9.17, 15) is 19.7 Å². The minimum atomic E-state index is -1.38. The molecule has 0 spiro atoms. The quantitative estimate of drug-likeness (QED) is 0.613. The molecule has 2 atom stereocenters. The Bertz CT molecular complexity index is 471. The second kappa shape index (κ2) is 4.23. The van der Waals surface area contributed by atoms with E-state index in [4.69, 9.17) is 9.84 Å². The van der Waals surface area contributed by atoms with E-state index in [-0.39, 0.29) is 11.3 Å². The average Bonchev–Trinajstić information content (AvgIpc) is 2.33. The summed E-state index contributed by atoms with van der Waals surface area (Å²) in [5.41, 5.74) is 0.00360. The van der Waals surface area contributed by atoms with Crippen molar-refractivity contribution in [3.8, 4) is 5.75 Å². The van der Waals surface area contributed by atoms with Gasteiger partial charge in [-0.15, -0.1) is 0 Å². The Balaban J connectivity index is 2.46. The number of aliphatic hydroxyl groups is 4. The molecule has 0 unspecified atom stereocenters. The maximum absolute atomic E-state index is 13.0. The van der Waals surface area contributed by atoms with Crippen LogP contribution >= 0.6 is 0 Å². The zero-order valence-electron chi connectivity index (χ0n) is 8.67. The van der Waals surface area contributed by atoms with E-state index in [1.807, 2.05) is 0 Å². The van der Waals surface area contributed by atoms with E-state index in [0.717, 1.165) is 12.1 Å². The first-order chi connectivity index (χ1) is 8.04. The molecule has 5 nitrogen and oxygen atoms in total. The van der Waals surface area contributed by atoms with Crippen molar-refractivity contribution in [2.45, 2.75) is 12.2 Å². The van der Waals surface area contributed by atoms with Gasteiger partial charge in [0, 0.05) is 0 Å². The summed E-state index contributed by atoms with van der Waals surface area (Å²) < 4.78 is 18.1. The molecule has 1 aliphatic rings. The third kappa shape index (κ3) is 1.92. The molecule has 1 aromatic carbocycles. The highest BCUT2D eigenvalue weighted by atomic mass is 19.1. The van der Waals surface area contributed by atoms with Crippen LogP contribution in [0.15, 0.2) is 24.0 Å².